The van der Waals surface area contributed by atoms with Crippen LogP contribution in [0.5, 0.6) is 5.75 Å². The van der Waals surface area contributed by atoms with Crippen LogP contribution in [0.2, 0.25) is 0 Å². The normalized spacial score (nSPS) is 18.0. The molecule has 9 heteroatoms. The van der Waals surface area contributed by atoms with Gasteiger partial charge in [0.1, 0.15) is 11.4 Å². The number of rotatable bonds is 6. The van der Waals surface area contributed by atoms with E-state index in [1.807, 2.05) is 23.9 Å². The van der Waals surface area contributed by atoms with Crippen molar-refractivity contribution < 1.29 is 18.4 Å². The summed E-state index contributed by atoms with van der Waals surface area (Å²) in [4.78, 5) is 14.8. The number of benzene rings is 1. The Labute approximate surface area is 141 Å². The molecule has 1 saturated heterocycles. The van der Waals surface area contributed by atoms with E-state index in [0.29, 0.717) is 12.2 Å². The molecule has 0 bridgehead atoms. The van der Waals surface area contributed by atoms with Crippen LogP contribution in [0.3, 0.4) is 0 Å². The van der Waals surface area contributed by atoms with Crippen molar-refractivity contribution in [3.05, 3.63) is 26.7 Å². The molecule has 0 aliphatic carbocycles. The molecule has 1 aliphatic heterocycles. The number of anilines is 1. The van der Waals surface area contributed by atoms with Crippen LogP contribution in [0.25, 0.3) is 0 Å². The van der Waals surface area contributed by atoms with Gasteiger partial charge in [0.2, 0.25) is 0 Å². The quantitative estimate of drug-likeness (QED) is 0.546. The zero-order chi connectivity index (χ0) is 17.1. The van der Waals surface area contributed by atoms with Crippen molar-refractivity contribution in [2.45, 2.75) is 25.5 Å². The van der Waals surface area contributed by atoms with E-state index >= 15 is 0 Å². The summed E-state index contributed by atoms with van der Waals surface area (Å²) in [6.07, 6.45) is 1.80. The molecule has 1 fully saturated rings. The molecule has 0 radical (unpaired) electrons. The molecule has 1 aromatic rings. The Morgan fingerprint density at radius 3 is 2.78 bits per heavy atom. The Bertz CT molecular complexity index is 587. The molecule has 128 valence electrons. The lowest BCUT2D eigenvalue weighted by Gasteiger charge is -2.29. The number of hydrogen-bond donors (Lipinski definition) is 0. The molecule has 6 nitrogen and oxygen atoms in total. The molecule has 0 unspecified atom stereocenters. The average molecular weight is 394 g/mol. The number of nitro benzene ring substituents is 1. The van der Waals surface area contributed by atoms with E-state index in [-0.39, 0.29) is 22.0 Å². The first-order valence-corrected chi connectivity index (χ1v) is 7.93. The third kappa shape index (κ3) is 4.29. The first kappa shape index (κ1) is 17.9. The van der Waals surface area contributed by atoms with E-state index in [4.69, 9.17) is 0 Å². The summed E-state index contributed by atoms with van der Waals surface area (Å²) < 4.78 is 29.6. The lowest BCUT2D eigenvalue weighted by Crippen LogP contribution is -2.37. The number of alkyl halides is 2. The third-order valence-corrected chi connectivity index (χ3v) is 4.32. The summed E-state index contributed by atoms with van der Waals surface area (Å²) >= 11 is 3.05. The second-order valence-electron chi connectivity index (χ2n) is 5.66. The number of hydrogen-bond acceptors (Lipinski definition) is 5. The number of likely N-dealkylation sites (N-methyl/N-ethyl adjacent to an activating group) is 1. The van der Waals surface area contributed by atoms with Gasteiger partial charge in [-0.3, -0.25) is 10.1 Å². The van der Waals surface area contributed by atoms with Crippen molar-refractivity contribution in [3.63, 3.8) is 0 Å². The molecule has 0 amide bonds. The van der Waals surface area contributed by atoms with Crippen LogP contribution in [0.4, 0.5) is 20.2 Å². The fourth-order valence-corrected chi connectivity index (χ4v) is 3.28. The zero-order valence-electron chi connectivity index (χ0n) is 12.8. The van der Waals surface area contributed by atoms with Crippen LogP contribution in [-0.2, 0) is 0 Å². The van der Waals surface area contributed by atoms with Gasteiger partial charge >= 0.3 is 6.61 Å². The number of ether oxygens (including phenoxy) is 1. The van der Waals surface area contributed by atoms with E-state index in [1.165, 1.54) is 12.1 Å². The van der Waals surface area contributed by atoms with E-state index in [9.17, 15) is 18.9 Å². The van der Waals surface area contributed by atoms with Gasteiger partial charge < -0.3 is 14.5 Å². The van der Waals surface area contributed by atoms with E-state index in [1.54, 1.807) is 0 Å². The maximum absolute atomic E-state index is 12.5. The molecule has 1 aromatic carbocycles. The summed E-state index contributed by atoms with van der Waals surface area (Å²) in [7, 11) is 3.86. The zero-order valence-corrected chi connectivity index (χ0v) is 14.4. The molecule has 23 heavy (non-hydrogen) atoms. The molecule has 0 saturated carbocycles. The molecule has 2 rings (SSSR count). The van der Waals surface area contributed by atoms with Crippen molar-refractivity contribution in [3.8, 4) is 5.75 Å². The van der Waals surface area contributed by atoms with Gasteiger partial charge in [0, 0.05) is 31.3 Å². The van der Waals surface area contributed by atoms with Gasteiger partial charge in [-0.1, -0.05) is 0 Å². The first-order valence-electron chi connectivity index (χ1n) is 7.13. The molecular weight excluding hydrogens is 376 g/mol. The van der Waals surface area contributed by atoms with Crippen LogP contribution >= 0.6 is 15.9 Å². The van der Waals surface area contributed by atoms with Gasteiger partial charge in [-0.15, -0.1) is 0 Å². The summed E-state index contributed by atoms with van der Waals surface area (Å²) in [5.41, 5.74) is 0.197. The first-order chi connectivity index (χ1) is 10.8. The maximum Gasteiger partial charge on any atom is 0.387 e. The predicted octanol–water partition coefficient (Wildman–Crippen LogP) is 3.49. The largest absolute Gasteiger partial charge is 0.434 e. The van der Waals surface area contributed by atoms with Crippen LogP contribution in [0.15, 0.2) is 16.6 Å². The second kappa shape index (κ2) is 7.39. The van der Waals surface area contributed by atoms with Gasteiger partial charge in [-0.05, 0) is 42.9 Å². The van der Waals surface area contributed by atoms with Crippen molar-refractivity contribution in [1.29, 1.82) is 0 Å². The van der Waals surface area contributed by atoms with E-state index < -0.39 is 11.5 Å². The SMILES string of the molecule is CN(C)C[C@@H]1CCCN1c1cc(OC(F)F)c(Br)cc1[N+](=O)[O-]. The van der Waals surface area contributed by atoms with E-state index in [0.717, 1.165) is 19.4 Å². The van der Waals surface area contributed by atoms with Crippen LogP contribution in [-0.4, -0.2) is 49.7 Å². The standard InChI is InChI=1S/C14H18BrF2N3O3/c1-18(2)8-9-4-3-5-19(9)11-7-13(23-14(16)17)10(15)6-12(11)20(21)22/h6-7,9,14H,3-5,8H2,1-2H3/t9-/m0/s1. The summed E-state index contributed by atoms with van der Waals surface area (Å²) in [6, 6.07) is 2.64. The highest BCUT2D eigenvalue weighted by Crippen LogP contribution is 2.41. The van der Waals surface area contributed by atoms with E-state index in [2.05, 4.69) is 20.7 Å². The van der Waals surface area contributed by atoms with Gasteiger partial charge in [0.05, 0.1) is 9.40 Å². The van der Waals surface area contributed by atoms with Crippen LogP contribution in [0, 0.1) is 10.1 Å². The van der Waals surface area contributed by atoms with Crippen molar-refractivity contribution in [2.75, 3.05) is 32.1 Å². The Balaban J connectivity index is 2.43. The molecule has 1 heterocycles. The van der Waals surface area contributed by atoms with Gasteiger partial charge in [0.25, 0.3) is 5.69 Å². The average Bonchev–Trinajstić information content (AvgIpc) is 2.87. The molecular formula is C14H18BrF2N3O3. The Kier molecular flexibility index (Phi) is 5.74. The Hall–Kier alpha value is -1.48. The molecule has 1 atom stereocenters. The topological polar surface area (TPSA) is 58.8 Å². The lowest BCUT2D eigenvalue weighted by molar-refractivity contribution is -0.384. The van der Waals surface area contributed by atoms with Crippen molar-refractivity contribution >= 4 is 27.3 Å². The maximum atomic E-state index is 12.5. The second-order valence-corrected chi connectivity index (χ2v) is 6.51. The summed E-state index contributed by atoms with van der Waals surface area (Å²) in [5.74, 6) is -0.101. The van der Waals surface area contributed by atoms with Gasteiger partial charge in [0.15, 0.2) is 0 Å². The van der Waals surface area contributed by atoms with Crippen molar-refractivity contribution in [2.24, 2.45) is 0 Å². The number of nitro groups is 1. The monoisotopic (exact) mass is 393 g/mol. The van der Waals surface area contributed by atoms with Crippen LogP contribution in [0.1, 0.15) is 12.8 Å². The van der Waals surface area contributed by atoms with Crippen LogP contribution < -0.4 is 9.64 Å². The Morgan fingerprint density at radius 1 is 1.52 bits per heavy atom. The summed E-state index contributed by atoms with van der Waals surface area (Å²) in [5, 5.41) is 11.4. The molecule has 0 N–H and O–H groups in total. The minimum atomic E-state index is -2.99. The fourth-order valence-electron chi connectivity index (χ4n) is 2.86. The highest BCUT2D eigenvalue weighted by molar-refractivity contribution is 9.10. The van der Waals surface area contributed by atoms with Crippen molar-refractivity contribution in [1.82, 2.24) is 4.90 Å². The number of halogens is 3. The minimum absolute atomic E-state index is 0.101. The fraction of sp³-hybridized carbons (Fsp3) is 0.571. The minimum Gasteiger partial charge on any atom is -0.434 e. The summed E-state index contributed by atoms with van der Waals surface area (Å²) in [6.45, 7) is -1.61. The molecule has 1 aliphatic rings. The lowest BCUT2D eigenvalue weighted by atomic mass is 10.1. The third-order valence-electron chi connectivity index (χ3n) is 3.70. The predicted molar refractivity (Wildman–Crippen MR) is 86.4 cm³/mol. The number of nitrogens with zero attached hydrogens (tertiary/aromatic N) is 3. The smallest absolute Gasteiger partial charge is 0.387 e. The highest BCUT2D eigenvalue weighted by atomic mass is 79.9. The molecule has 0 spiro atoms. The van der Waals surface area contributed by atoms with Gasteiger partial charge in [-0.2, -0.15) is 8.78 Å². The molecule has 0 aromatic heterocycles. The van der Waals surface area contributed by atoms with Gasteiger partial charge in [-0.25, -0.2) is 0 Å². The highest BCUT2D eigenvalue weighted by Gasteiger charge is 2.31. The Morgan fingerprint density at radius 2 is 2.22 bits per heavy atom.